The number of ether oxygens (including phenoxy) is 1. The van der Waals surface area contributed by atoms with Crippen molar-refractivity contribution in [3.05, 3.63) is 27.7 Å². The average molecular weight is 319 g/mol. The zero-order valence-corrected chi connectivity index (χ0v) is 12.8. The van der Waals surface area contributed by atoms with E-state index >= 15 is 0 Å². The normalized spacial score (nSPS) is 10.2. The van der Waals surface area contributed by atoms with Crippen LogP contribution < -0.4 is 5.73 Å². The van der Waals surface area contributed by atoms with Gasteiger partial charge in [-0.1, -0.05) is 30.1 Å². The van der Waals surface area contributed by atoms with Crippen molar-refractivity contribution in [1.29, 1.82) is 0 Å². The number of nitrogens with zero attached hydrogens (tertiary/aromatic N) is 1. The molecule has 0 spiro atoms. The van der Waals surface area contributed by atoms with Gasteiger partial charge >= 0.3 is 5.97 Å². The standard InChI is InChI=1S/C13H16Cl2N2O3/c1-3-4-17(7-11(18)20-2)13(19)8-5-9(14)12(16)10(15)6-8/h5-6H,3-4,7,16H2,1-2H3. The third-order valence-corrected chi connectivity index (χ3v) is 3.28. The maximum Gasteiger partial charge on any atom is 0.325 e. The lowest BCUT2D eigenvalue weighted by Gasteiger charge is -2.21. The summed E-state index contributed by atoms with van der Waals surface area (Å²) in [5.41, 5.74) is 6.13. The van der Waals surface area contributed by atoms with Gasteiger partial charge in [0.2, 0.25) is 0 Å². The van der Waals surface area contributed by atoms with Gasteiger partial charge in [0.1, 0.15) is 6.54 Å². The Kier molecular flexibility index (Phi) is 6.10. The Labute approximate surface area is 127 Å². The second-order valence-electron chi connectivity index (χ2n) is 4.16. The van der Waals surface area contributed by atoms with Crippen molar-refractivity contribution in [2.45, 2.75) is 13.3 Å². The zero-order valence-electron chi connectivity index (χ0n) is 11.3. The smallest absolute Gasteiger partial charge is 0.325 e. The lowest BCUT2D eigenvalue weighted by atomic mass is 10.1. The molecule has 110 valence electrons. The molecule has 0 aliphatic carbocycles. The van der Waals surface area contributed by atoms with Crippen LogP contribution in [0.15, 0.2) is 12.1 Å². The van der Waals surface area contributed by atoms with E-state index in [1.165, 1.54) is 24.1 Å². The Bertz CT molecular complexity index is 497. The van der Waals surface area contributed by atoms with Crippen molar-refractivity contribution in [2.75, 3.05) is 25.9 Å². The summed E-state index contributed by atoms with van der Waals surface area (Å²) < 4.78 is 4.57. The quantitative estimate of drug-likeness (QED) is 0.669. The van der Waals surface area contributed by atoms with Crippen LogP contribution >= 0.6 is 23.2 Å². The maximum absolute atomic E-state index is 12.4. The molecule has 0 bridgehead atoms. The Balaban J connectivity index is 3.03. The van der Waals surface area contributed by atoms with Crippen LogP contribution in [0.25, 0.3) is 0 Å². The molecule has 0 aliphatic rings. The lowest BCUT2D eigenvalue weighted by Crippen LogP contribution is -2.36. The lowest BCUT2D eigenvalue weighted by molar-refractivity contribution is -0.141. The van der Waals surface area contributed by atoms with Gasteiger partial charge < -0.3 is 15.4 Å². The summed E-state index contributed by atoms with van der Waals surface area (Å²) in [6.45, 7) is 2.21. The van der Waals surface area contributed by atoms with Gasteiger partial charge in [-0.3, -0.25) is 9.59 Å². The summed E-state index contributed by atoms with van der Waals surface area (Å²) in [5, 5.41) is 0.408. The first-order valence-electron chi connectivity index (χ1n) is 6.01. The summed E-state index contributed by atoms with van der Waals surface area (Å²) in [6, 6.07) is 2.87. The maximum atomic E-state index is 12.4. The molecule has 5 nitrogen and oxygen atoms in total. The topological polar surface area (TPSA) is 72.6 Å². The first-order valence-corrected chi connectivity index (χ1v) is 6.76. The molecule has 0 saturated carbocycles. The molecule has 0 atom stereocenters. The third kappa shape index (κ3) is 4.02. The Morgan fingerprint density at radius 2 is 1.85 bits per heavy atom. The number of anilines is 1. The number of amides is 1. The van der Waals surface area contributed by atoms with Gasteiger partial charge in [0.25, 0.3) is 5.91 Å². The summed E-state index contributed by atoms with van der Waals surface area (Å²) in [7, 11) is 1.27. The van der Waals surface area contributed by atoms with E-state index in [2.05, 4.69) is 4.74 Å². The molecule has 0 heterocycles. The van der Waals surface area contributed by atoms with Crippen molar-refractivity contribution in [3.63, 3.8) is 0 Å². The number of carbonyl (C=O) groups excluding carboxylic acids is 2. The molecule has 1 aromatic carbocycles. The number of rotatable bonds is 5. The molecular weight excluding hydrogens is 303 g/mol. The van der Waals surface area contributed by atoms with Crippen molar-refractivity contribution < 1.29 is 14.3 Å². The predicted molar refractivity (Wildman–Crippen MR) is 79.1 cm³/mol. The van der Waals surface area contributed by atoms with E-state index in [9.17, 15) is 9.59 Å². The van der Waals surface area contributed by atoms with Crippen LogP contribution in [-0.4, -0.2) is 37.0 Å². The van der Waals surface area contributed by atoms with E-state index in [-0.39, 0.29) is 33.7 Å². The summed E-state index contributed by atoms with van der Waals surface area (Å²) >= 11 is 11.8. The second-order valence-corrected chi connectivity index (χ2v) is 4.97. The fourth-order valence-corrected chi connectivity index (χ4v) is 2.12. The van der Waals surface area contributed by atoms with Gasteiger partial charge in [-0.15, -0.1) is 0 Å². The number of benzene rings is 1. The highest BCUT2D eigenvalue weighted by Crippen LogP contribution is 2.29. The largest absolute Gasteiger partial charge is 0.468 e. The number of nitrogens with two attached hydrogens (primary N) is 1. The number of carbonyl (C=O) groups is 2. The third-order valence-electron chi connectivity index (χ3n) is 2.65. The fourth-order valence-electron chi connectivity index (χ4n) is 1.63. The van der Waals surface area contributed by atoms with Crippen LogP contribution in [-0.2, 0) is 9.53 Å². The van der Waals surface area contributed by atoms with Crippen LogP contribution in [0.3, 0.4) is 0 Å². The molecule has 0 radical (unpaired) electrons. The molecule has 20 heavy (non-hydrogen) atoms. The van der Waals surface area contributed by atoms with Crippen LogP contribution in [0.4, 0.5) is 5.69 Å². The van der Waals surface area contributed by atoms with Gasteiger partial charge in [0, 0.05) is 12.1 Å². The Morgan fingerprint density at radius 3 is 2.30 bits per heavy atom. The van der Waals surface area contributed by atoms with Crippen LogP contribution in [0.2, 0.25) is 10.0 Å². The number of halogens is 2. The number of methoxy groups -OCH3 is 1. The molecule has 1 amide bonds. The molecule has 1 aromatic rings. The van der Waals surface area contributed by atoms with Crippen LogP contribution in [0, 0.1) is 0 Å². The Hall–Kier alpha value is -1.46. The van der Waals surface area contributed by atoms with E-state index in [1.54, 1.807) is 0 Å². The molecule has 0 fully saturated rings. The summed E-state index contributed by atoms with van der Waals surface area (Å²) in [4.78, 5) is 25.1. The minimum atomic E-state index is -0.487. The van der Waals surface area contributed by atoms with Gasteiger partial charge in [0.05, 0.1) is 22.8 Å². The highest BCUT2D eigenvalue weighted by Gasteiger charge is 2.20. The number of hydrogen-bond acceptors (Lipinski definition) is 4. The van der Waals surface area contributed by atoms with Gasteiger partial charge in [0.15, 0.2) is 0 Å². The van der Waals surface area contributed by atoms with E-state index in [0.29, 0.717) is 13.0 Å². The molecule has 0 unspecified atom stereocenters. The monoisotopic (exact) mass is 318 g/mol. The van der Waals surface area contributed by atoms with Crippen molar-refractivity contribution in [1.82, 2.24) is 4.90 Å². The molecule has 0 saturated heterocycles. The van der Waals surface area contributed by atoms with Gasteiger partial charge in [-0.05, 0) is 18.6 Å². The van der Waals surface area contributed by atoms with E-state index in [4.69, 9.17) is 28.9 Å². The summed E-state index contributed by atoms with van der Waals surface area (Å²) in [6.07, 6.45) is 0.708. The number of hydrogen-bond donors (Lipinski definition) is 1. The van der Waals surface area contributed by atoms with E-state index in [0.717, 1.165) is 0 Å². The molecule has 0 aliphatic heterocycles. The average Bonchev–Trinajstić information content (AvgIpc) is 2.42. The minimum Gasteiger partial charge on any atom is -0.468 e. The van der Waals surface area contributed by atoms with E-state index < -0.39 is 5.97 Å². The van der Waals surface area contributed by atoms with Crippen LogP contribution in [0.1, 0.15) is 23.7 Å². The highest BCUT2D eigenvalue weighted by atomic mass is 35.5. The zero-order chi connectivity index (χ0) is 15.3. The SMILES string of the molecule is CCCN(CC(=O)OC)C(=O)c1cc(Cl)c(N)c(Cl)c1. The predicted octanol–water partition coefficient (Wildman–Crippen LogP) is 2.60. The summed E-state index contributed by atoms with van der Waals surface area (Å²) in [5.74, 6) is -0.833. The number of esters is 1. The van der Waals surface area contributed by atoms with Gasteiger partial charge in [-0.2, -0.15) is 0 Å². The Morgan fingerprint density at radius 1 is 1.30 bits per heavy atom. The molecule has 0 aromatic heterocycles. The first kappa shape index (κ1) is 16.6. The molecular formula is C13H16Cl2N2O3. The molecule has 1 rings (SSSR count). The molecule has 7 heteroatoms. The highest BCUT2D eigenvalue weighted by molar-refractivity contribution is 6.39. The minimum absolute atomic E-state index is 0.122. The van der Waals surface area contributed by atoms with Crippen molar-refractivity contribution >= 4 is 40.8 Å². The fraction of sp³-hybridized carbons (Fsp3) is 0.385. The second kappa shape index (κ2) is 7.36. The number of nitrogen functional groups attached to an aromatic ring is 1. The first-order chi connectivity index (χ1) is 9.40. The van der Waals surface area contributed by atoms with Crippen molar-refractivity contribution in [2.24, 2.45) is 0 Å². The molecule has 2 N–H and O–H groups in total. The van der Waals surface area contributed by atoms with Crippen molar-refractivity contribution in [3.8, 4) is 0 Å². The van der Waals surface area contributed by atoms with Crippen LogP contribution in [0.5, 0.6) is 0 Å². The van der Waals surface area contributed by atoms with E-state index in [1.807, 2.05) is 6.92 Å². The van der Waals surface area contributed by atoms with Gasteiger partial charge in [-0.25, -0.2) is 0 Å².